The standard InChI is InChI=1S/C16H29N3S/c1-5-19(13-8-6-7-12(13)9-17)10-15-18-14(11-20-15)16(2,3)4/h11-13H,5-10,17H2,1-4H3. The van der Waals surface area contributed by atoms with Crippen molar-refractivity contribution in [2.45, 2.75) is 65.0 Å². The highest BCUT2D eigenvalue weighted by molar-refractivity contribution is 7.09. The van der Waals surface area contributed by atoms with Gasteiger partial charge in [0.25, 0.3) is 0 Å². The molecule has 3 nitrogen and oxygen atoms in total. The van der Waals surface area contributed by atoms with Crippen molar-refractivity contribution < 1.29 is 0 Å². The van der Waals surface area contributed by atoms with Crippen LogP contribution in [-0.2, 0) is 12.0 Å². The summed E-state index contributed by atoms with van der Waals surface area (Å²) in [6.45, 7) is 11.8. The zero-order chi connectivity index (χ0) is 14.8. The van der Waals surface area contributed by atoms with Crippen LogP contribution in [0.3, 0.4) is 0 Å². The molecule has 1 heterocycles. The number of hydrogen-bond acceptors (Lipinski definition) is 4. The molecular weight excluding hydrogens is 266 g/mol. The van der Waals surface area contributed by atoms with Crippen molar-refractivity contribution in [3.05, 3.63) is 16.1 Å². The lowest BCUT2D eigenvalue weighted by Crippen LogP contribution is -2.39. The Labute approximate surface area is 127 Å². The molecule has 0 amide bonds. The third-order valence-electron chi connectivity index (χ3n) is 4.46. The average molecular weight is 295 g/mol. The van der Waals surface area contributed by atoms with Crippen LogP contribution in [0, 0.1) is 5.92 Å². The Balaban J connectivity index is 2.05. The minimum absolute atomic E-state index is 0.152. The third kappa shape index (κ3) is 3.60. The lowest BCUT2D eigenvalue weighted by molar-refractivity contribution is 0.162. The van der Waals surface area contributed by atoms with E-state index in [0.717, 1.165) is 19.6 Å². The van der Waals surface area contributed by atoms with E-state index in [9.17, 15) is 0 Å². The zero-order valence-corrected chi connectivity index (χ0v) is 14.2. The van der Waals surface area contributed by atoms with E-state index in [4.69, 9.17) is 10.7 Å². The molecule has 1 aliphatic carbocycles. The van der Waals surface area contributed by atoms with Gasteiger partial charge in [-0.15, -0.1) is 11.3 Å². The predicted molar refractivity (Wildman–Crippen MR) is 87.1 cm³/mol. The SMILES string of the molecule is CCN(Cc1nc(C(C)(C)C)cs1)C1CCCC1CN. The van der Waals surface area contributed by atoms with Crippen LogP contribution in [0.4, 0.5) is 0 Å². The van der Waals surface area contributed by atoms with E-state index in [1.165, 1.54) is 30.0 Å². The second kappa shape index (κ2) is 6.54. The monoisotopic (exact) mass is 295 g/mol. The predicted octanol–water partition coefficient (Wildman–Crippen LogP) is 3.39. The molecule has 0 bridgehead atoms. The molecule has 1 saturated carbocycles. The van der Waals surface area contributed by atoms with Gasteiger partial charge in [0, 0.05) is 16.8 Å². The van der Waals surface area contributed by atoms with Gasteiger partial charge in [-0.2, -0.15) is 0 Å². The maximum Gasteiger partial charge on any atom is 0.107 e. The van der Waals surface area contributed by atoms with Crippen molar-refractivity contribution in [1.29, 1.82) is 0 Å². The lowest BCUT2D eigenvalue weighted by atomic mass is 9.93. The van der Waals surface area contributed by atoms with Gasteiger partial charge in [0.05, 0.1) is 12.2 Å². The maximum absolute atomic E-state index is 5.93. The van der Waals surface area contributed by atoms with E-state index in [0.29, 0.717) is 12.0 Å². The van der Waals surface area contributed by atoms with Gasteiger partial charge in [-0.3, -0.25) is 4.90 Å². The molecule has 4 heteroatoms. The Morgan fingerprint density at radius 2 is 2.15 bits per heavy atom. The quantitative estimate of drug-likeness (QED) is 0.905. The zero-order valence-electron chi connectivity index (χ0n) is 13.4. The molecule has 2 N–H and O–H groups in total. The van der Waals surface area contributed by atoms with Crippen molar-refractivity contribution in [1.82, 2.24) is 9.88 Å². The summed E-state index contributed by atoms with van der Waals surface area (Å²) >= 11 is 1.80. The number of thiazole rings is 1. The van der Waals surface area contributed by atoms with Crippen LogP contribution in [0.15, 0.2) is 5.38 Å². The summed E-state index contributed by atoms with van der Waals surface area (Å²) in [5.74, 6) is 0.678. The molecule has 20 heavy (non-hydrogen) atoms. The summed E-state index contributed by atoms with van der Waals surface area (Å²) in [6, 6.07) is 0.659. The fourth-order valence-electron chi connectivity index (χ4n) is 3.14. The lowest BCUT2D eigenvalue weighted by Gasteiger charge is -2.31. The van der Waals surface area contributed by atoms with E-state index in [2.05, 4.69) is 38.0 Å². The average Bonchev–Trinajstić information content (AvgIpc) is 3.03. The molecule has 2 unspecified atom stereocenters. The Hall–Kier alpha value is -0.450. The largest absolute Gasteiger partial charge is 0.330 e. The maximum atomic E-state index is 5.93. The Morgan fingerprint density at radius 3 is 2.70 bits per heavy atom. The minimum atomic E-state index is 0.152. The van der Waals surface area contributed by atoms with Crippen molar-refractivity contribution in [2.24, 2.45) is 11.7 Å². The first-order chi connectivity index (χ1) is 9.45. The molecule has 1 fully saturated rings. The Kier molecular flexibility index (Phi) is 5.21. The van der Waals surface area contributed by atoms with E-state index in [1.54, 1.807) is 11.3 Å². The van der Waals surface area contributed by atoms with Gasteiger partial charge in [-0.1, -0.05) is 34.1 Å². The second-order valence-electron chi connectivity index (χ2n) is 6.93. The molecular formula is C16H29N3S. The minimum Gasteiger partial charge on any atom is -0.330 e. The molecule has 1 aromatic heterocycles. The molecule has 114 valence electrons. The fraction of sp³-hybridized carbons (Fsp3) is 0.812. The second-order valence-corrected chi connectivity index (χ2v) is 7.88. The van der Waals surface area contributed by atoms with Crippen molar-refractivity contribution >= 4 is 11.3 Å². The van der Waals surface area contributed by atoms with Gasteiger partial charge in [0.15, 0.2) is 0 Å². The highest BCUT2D eigenvalue weighted by Crippen LogP contribution is 2.31. The number of hydrogen-bond donors (Lipinski definition) is 1. The van der Waals surface area contributed by atoms with Crippen LogP contribution < -0.4 is 5.73 Å². The summed E-state index contributed by atoms with van der Waals surface area (Å²) in [5.41, 5.74) is 7.30. The summed E-state index contributed by atoms with van der Waals surface area (Å²) < 4.78 is 0. The molecule has 0 spiro atoms. The highest BCUT2D eigenvalue weighted by Gasteiger charge is 2.31. The molecule has 2 rings (SSSR count). The van der Waals surface area contributed by atoms with Gasteiger partial charge in [0.2, 0.25) is 0 Å². The van der Waals surface area contributed by atoms with Crippen LogP contribution in [0.25, 0.3) is 0 Å². The topological polar surface area (TPSA) is 42.2 Å². The third-order valence-corrected chi connectivity index (χ3v) is 5.29. The van der Waals surface area contributed by atoms with E-state index in [1.807, 2.05) is 0 Å². The highest BCUT2D eigenvalue weighted by atomic mass is 32.1. The van der Waals surface area contributed by atoms with Crippen LogP contribution in [0.2, 0.25) is 0 Å². The number of rotatable bonds is 5. The molecule has 0 aromatic carbocycles. The molecule has 0 aliphatic heterocycles. The van der Waals surface area contributed by atoms with Crippen molar-refractivity contribution in [3.8, 4) is 0 Å². The summed E-state index contributed by atoms with van der Waals surface area (Å²) in [6.07, 6.45) is 3.92. The molecule has 1 aliphatic rings. The van der Waals surface area contributed by atoms with E-state index < -0.39 is 0 Å². The number of nitrogens with two attached hydrogens (primary N) is 1. The smallest absolute Gasteiger partial charge is 0.107 e. The summed E-state index contributed by atoms with van der Waals surface area (Å²) in [5, 5.41) is 3.47. The van der Waals surface area contributed by atoms with Gasteiger partial charge < -0.3 is 5.73 Å². The molecule has 0 radical (unpaired) electrons. The molecule has 1 aromatic rings. The van der Waals surface area contributed by atoms with Gasteiger partial charge in [-0.25, -0.2) is 4.98 Å². The first kappa shape index (κ1) is 15.9. The van der Waals surface area contributed by atoms with Crippen LogP contribution in [0.1, 0.15) is 57.7 Å². The molecule has 0 saturated heterocycles. The van der Waals surface area contributed by atoms with Gasteiger partial charge >= 0.3 is 0 Å². The van der Waals surface area contributed by atoms with Crippen molar-refractivity contribution in [2.75, 3.05) is 13.1 Å². The summed E-state index contributed by atoms with van der Waals surface area (Å²) in [7, 11) is 0. The van der Waals surface area contributed by atoms with Crippen LogP contribution in [-0.4, -0.2) is 29.0 Å². The normalized spacial score (nSPS) is 23.7. The number of aromatic nitrogens is 1. The Bertz CT molecular complexity index is 422. The fourth-order valence-corrected chi connectivity index (χ4v) is 4.18. The van der Waals surface area contributed by atoms with E-state index in [-0.39, 0.29) is 5.41 Å². The van der Waals surface area contributed by atoms with Gasteiger partial charge in [0.1, 0.15) is 5.01 Å². The summed E-state index contributed by atoms with van der Waals surface area (Å²) in [4.78, 5) is 7.42. The van der Waals surface area contributed by atoms with Crippen molar-refractivity contribution in [3.63, 3.8) is 0 Å². The van der Waals surface area contributed by atoms with Crippen LogP contribution >= 0.6 is 11.3 Å². The molecule has 2 atom stereocenters. The Morgan fingerprint density at radius 1 is 1.40 bits per heavy atom. The first-order valence-corrected chi connectivity index (χ1v) is 8.72. The van der Waals surface area contributed by atoms with Gasteiger partial charge in [-0.05, 0) is 31.8 Å². The first-order valence-electron chi connectivity index (χ1n) is 7.84. The van der Waals surface area contributed by atoms with Crippen LogP contribution in [0.5, 0.6) is 0 Å². The van der Waals surface area contributed by atoms with E-state index >= 15 is 0 Å². The number of nitrogens with zero attached hydrogens (tertiary/aromatic N) is 2.